The number of fused-ring (bicyclic) bond motifs is 1. The number of hydrogen-bond donors (Lipinski definition) is 1. The van der Waals surface area contributed by atoms with Crippen molar-refractivity contribution in [1.29, 1.82) is 0 Å². The van der Waals surface area contributed by atoms with Gasteiger partial charge in [0.05, 0.1) is 13.2 Å². The molecule has 5 aromatic rings. The van der Waals surface area contributed by atoms with Crippen LogP contribution in [0.2, 0.25) is 0 Å². The highest BCUT2D eigenvalue weighted by molar-refractivity contribution is 5.80. The number of aromatic amines is 1. The van der Waals surface area contributed by atoms with Gasteiger partial charge in [-0.05, 0) is 63.5 Å². The molecule has 0 saturated carbocycles. The number of benzene rings is 3. The summed E-state index contributed by atoms with van der Waals surface area (Å²) in [5.74, 6) is 0.618. The third-order valence-electron chi connectivity index (χ3n) is 7.08. The van der Waals surface area contributed by atoms with Gasteiger partial charge in [0.2, 0.25) is 0 Å². The van der Waals surface area contributed by atoms with Gasteiger partial charge in [-0.3, -0.25) is 9.69 Å². The number of H-pyrrole nitrogens is 1. The van der Waals surface area contributed by atoms with E-state index in [0.29, 0.717) is 37.6 Å². The van der Waals surface area contributed by atoms with E-state index in [-0.39, 0.29) is 5.56 Å². The molecule has 0 aliphatic rings. The second kappa shape index (κ2) is 12.6. The van der Waals surface area contributed by atoms with Crippen LogP contribution < -0.4 is 5.56 Å². The fourth-order valence-corrected chi connectivity index (χ4v) is 4.97. The van der Waals surface area contributed by atoms with E-state index in [9.17, 15) is 4.79 Å². The molecular weight excluding hydrogens is 488 g/mol. The van der Waals surface area contributed by atoms with Crippen LogP contribution in [0, 0.1) is 0 Å². The van der Waals surface area contributed by atoms with Crippen LogP contribution in [0.1, 0.15) is 41.0 Å². The van der Waals surface area contributed by atoms with Crippen molar-refractivity contribution in [2.75, 3.05) is 20.3 Å². The van der Waals surface area contributed by atoms with Crippen molar-refractivity contribution in [2.45, 2.75) is 38.9 Å². The van der Waals surface area contributed by atoms with Gasteiger partial charge in [-0.15, -0.1) is 5.10 Å². The summed E-state index contributed by atoms with van der Waals surface area (Å²) in [4.78, 5) is 19.1. The molecule has 5 rings (SSSR count). The molecule has 0 aliphatic carbocycles. The van der Waals surface area contributed by atoms with E-state index in [1.54, 1.807) is 11.8 Å². The number of ether oxygens (including phenoxy) is 1. The Balaban J connectivity index is 1.64. The quantitative estimate of drug-likeness (QED) is 0.259. The Kier molecular flexibility index (Phi) is 8.55. The molecule has 8 heteroatoms. The SMILES string of the molecule is CCc1ccc2[nH]c(=O)c([C@H](c3nnnn3CCOC)N(CCc3ccccc3)Cc3ccccc3)cc2c1. The van der Waals surface area contributed by atoms with Crippen molar-refractivity contribution in [2.24, 2.45) is 0 Å². The summed E-state index contributed by atoms with van der Waals surface area (Å²) in [6.45, 7) is 4.40. The number of aryl methyl sites for hydroxylation is 1. The van der Waals surface area contributed by atoms with Crippen LogP contribution in [0.4, 0.5) is 0 Å². The second-order valence-corrected chi connectivity index (χ2v) is 9.68. The maximum absolute atomic E-state index is 13.7. The fourth-order valence-electron chi connectivity index (χ4n) is 4.97. The maximum atomic E-state index is 13.7. The number of rotatable bonds is 12. The molecule has 200 valence electrons. The number of hydrogen-bond acceptors (Lipinski definition) is 6. The first-order valence-corrected chi connectivity index (χ1v) is 13.4. The fraction of sp³-hybridized carbons (Fsp3) is 0.290. The summed E-state index contributed by atoms with van der Waals surface area (Å²) in [6, 6.07) is 28.4. The van der Waals surface area contributed by atoms with Gasteiger partial charge < -0.3 is 9.72 Å². The van der Waals surface area contributed by atoms with E-state index < -0.39 is 6.04 Å². The standard InChI is InChI=1S/C31H34N6O2/c1-3-23-14-15-28-26(20-23)21-27(31(38)32-28)29(30-33-34-35-37(30)18-19-39-2)36(22-25-12-8-5-9-13-25)17-16-24-10-6-4-7-11-24/h4-15,20-21,29H,3,16-19,22H2,1-2H3,(H,32,38)/t29-/m1/s1. The van der Waals surface area contributed by atoms with Gasteiger partial charge in [0.25, 0.3) is 5.56 Å². The Morgan fingerprint density at radius 1 is 0.949 bits per heavy atom. The zero-order valence-corrected chi connectivity index (χ0v) is 22.5. The molecule has 0 bridgehead atoms. The first kappa shape index (κ1) is 26.5. The van der Waals surface area contributed by atoms with Crippen molar-refractivity contribution in [3.63, 3.8) is 0 Å². The van der Waals surface area contributed by atoms with Gasteiger partial charge in [-0.2, -0.15) is 0 Å². The molecule has 0 fully saturated rings. The van der Waals surface area contributed by atoms with Crippen molar-refractivity contribution in [3.05, 3.63) is 123 Å². The van der Waals surface area contributed by atoms with Gasteiger partial charge in [-0.25, -0.2) is 4.68 Å². The summed E-state index contributed by atoms with van der Waals surface area (Å²) in [6.07, 6.45) is 1.73. The minimum Gasteiger partial charge on any atom is -0.383 e. The normalized spacial score (nSPS) is 12.3. The zero-order valence-electron chi connectivity index (χ0n) is 22.5. The number of aromatic nitrogens is 5. The predicted octanol–water partition coefficient (Wildman–Crippen LogP) is 4.56. The van der Waals surface area contributed by atoms with Crippen LogP contribution in [-0.4, -0.2) is 50.4 Å². The number of methoxy groups -OCH3 is 1. The molecule has 39 heavy (non-hydrogen) atoms. The second-order valence-electron chi connectivity index (χ2n) is 9.68. The first-order valence-electron chi connectivity index (χ1n) is 13.4. The van der Waals surface area contributed by atoms with Gasteiger partial charge >= 0.3 is 0 Å². The molecule has 0 spiro atoms. The monoisotopic (exact) mass is 522 g/mol. The minimum absolute atomic E-state index is 0.143. The van der Waals surface area contributed by atoms with E-state index in [0.717, 1.165) is 29.3 Å². The van der Waals surface area contributed by atoms with Crippen molar-refractivity contribution >= 4 is 10.9 Å². The molecule has 0 unspecified atom stereocenters. The molecule has 8 nitrogen and oxygen atoms in total. The number of nitrogens with zero attached hydrogens (tertiary/aromatic N) is 5. The van der Waals surface area contributed by atoms with Crippen molar-refractivity contribution in [3.8, 4) is 0 Å². The average molecular weight is 523 g/mol. The van der Waals surface area contributed by atoms with E-state index in [4.69, 9.17) is 4.74 Å². The van der Waals surface area contributed by atoms with E-state index in [1.807, 2.05) is 36.4 Å². The topological polar surface area (TPSA) is 88.9 Å². The molecule has 0 amide bonds. The summed E-state index contributed by atoms with van der Waals surface area (Å²) in [5.41, 5.74) is 4.89. The largest absolute Gasteiger partial charge is 0.383 e. The summed E-state index contributed by atoms with van der Waals surface area (Å²) >= 11 is 0. The van der Waals surface area contributed by atoms with Crippen LogP contribution in [0.5, 0.6) is 0 Å². The van der Waals surface area contributed by atoms with Gasteiger partial charge in [-0.1, -0.05) is 73.7 Å². The lowest BCUT2D eigenvalue weighted by Gasteiger charge is -2.31. The molecular formula is C31H34N6O2. The highest BCUT2D eigenvalue weighted by atomic mass is 16.5. The zero-order chi connectivity index (χ0) is 27.0. The molecule has 2 aromatic heterocycles. The Bertz CT molecular complexity index is 1550. The highest BCUT2D eigenvalue weighted by Gasteiger charge is 2.30. The van der Waals surface area contributed by atoms with E-state index in [1.165, 1.54) is 11.1 Å². The molecule has 1 N–H and O–H groups in total. The highest BCUT2D eigenvalue weighted by Crippen LogP contribution is 2.29. The average Bonchev–Trinajstić information content (AvgIpc) is 3.44. The molecule has 3 aromatic carbocycles. The van der Waals surface area contributed by atoms with Gasteiger partial charge in [0.1, 0.15) is 6.04 Å². The maximum Gasteiger partial charge on any atom is 0.253 e. The minimum atomic E-state index is -0.473. The number of tetrazole rings is 1. The number of nitrogens with one attached hydrogen (secondary N) is 1. The van der Waals surface area contributed by atoms with Crippen LogP contribution in [0.25, 0.3) is 10.9 Å². The first-order chi connectivity index (χ1) is 19.2. The Morgan fingerprint density at radius 3 is 2.41 bits per heavy atom. The Labute approximate surface area is 228 Å². The lowest BCUT2D eigenvalue weighted by Crippen LogP contribution is -2.36. The Morgan fingerprint density at radius 2 is 1.69 bits per heavy atom. The number of pyridine rings is 1. The van der Waals surface area contributed by atoms with Gasteiger partial charge in [0, 0.05) is 31.3 Å². The Hall–Kier alpha value is -4.14. The lowest BCUT2D eigenvalue weighted by molar-refractivity contribution is 0.172. The lowest BCUT2D eigenvalue weighted by atomic mass is 10.0. The molecule has 0 aliphatic heterocycles. The molecule has 2 heterocycles. The van der Waals surface area contributed by atoms with E-state index in [2.05, 4.69) is 80.9 Å². The van der Waals surface area contributed by atoms with Crippen LogP contribution in [0.3, 0.4) is 0 Å². The molecule has 0 saturated heterocycles. The third-order valence-corrected chi connectivity index (χ3v) is 7.08. The predicted molar refractivity (Wildman–Crippen MR) is 152 cm³/mol. The smallest absolute Gasteiger partial charge is 0.253 e. The summed E-state index contributed by atoms with van der Waals surface area (Å²) < 4.78 is 7.08. The summed E-state index contributed by atoms with van der Waals surface area (Å²) in [7, 11) is 1.66. The van der Waals surface area contributed by atoms with Crippen LogP contribution >= 0.6 is 0 Å². The molecule has 0 radical (unpaired) electrons. The van der Waals surface area contributed by atoms with Crippen LogP contribution in [0.15, 0.2) is 89.7 Å². The van der Waals surface area contributed by atoms with Crippen molar-refractivity contribution in [1.82, 2.24) is 30.1 Å². The van der Waals surface area contributed by atoms with E-state index >= 15 is 0 Å². The van der Waals surface area contributed by atoms with Gasteiger partial charge in [0.15, 0.2) is 5.82 Å². The third kappa shape index (κ3) is 6.30. The van der Waals surface area contributed by atoms with Crippen molar-refractivity contribution < 1.29 is 4.74 Å². The van der Waals surface area contributed by atoms with Crippen LogP contribution in [-0.2, 0) is 30.7 Å². The molecule has 1 atom stereocenters. The summed E-state index contributed by atoms with van der Waals surface area (Å²) in [5, 5.41) is 13.7.